The van der Waals surface area contributed by atoms with Crippen LogP contribution in [0.1, 0.15) is 29.8 Å². The molecule has 1 aliphatic rings. The minimum atomic E-state index is -0.641. The van der Waals surface area contributed by atoms with Crippen molar-refractivity contribution in [2.45, 2.75) is 18.6 Å². The molecular formula is C13H15NO3S. The van der Waals surface area contributed by atoms with Gasteiger partial charge in [-0.2, -0.15) is 0 Å². The van der Waals surface area contributed by atoms with Crippen LogP contribution in [-0.2, 0) is 14.3 Å². The lowest BCUT2D eigenvalue weighted by Crippen LogP contribution is -2.26. The molecule has 96 valence electrons. The highest BCUT2D eigenvalue weighted by molar-refractivity contribution is 8.00. The van der Waals surface area contributed by atoms with E-state index in [0.29, 0.717) is 12.2 Å². The standard InChI is InChI=1S/C13H15NO3S/c1-4-17-11(15)8-5-6-10-9(7-8)13(2,18-3)12(16)14-10/h5-7H,4H2,1-3H3,(H,14,16)/t13-/m1/s1. The second kappa shape index (κ2) is 4.65. The Kier molecular flexibility index (Phi) is 3.34. The third kappa shape index (κ3) is 1.88. The Balaban J connectivity index is 2.44. The van der Waals surface area contributed by atoms with Crippen LogP contribution < -0.4 is 5.32 Å². The molecule has 1 atom stereocenters. The van der Waals surface area contributed by atoms with Gasteiger partial charge in [0.05, 0.1) is 12.2 Å². The topological polar surface area (TPSA) is 55.4 Å². The lowest BCUT2D eigenvalue weighted by molar-refractivity contribution is -0.117. The third-order valence-corrected chi connectivity index (χ3v) is 4.36. The first-order valence-electron chi connectivity index (χ1n) is 5.71. The van der Waals surface area contributed by atoms with Crippen LogP contribution in [0, 0.1) is 0 Å². The Labute approximate surface area is 110 Å². The summed E-state index contributed by atoms with van der Waals surface area (Å²) in [6, 6.07) is 5.16. The van der Waals surface area contributed by atoms with Crippen LogP contribution >= 0.6 is 11.8 Å². The highest BCUT2D eigenvalue weighted by atomic mass is 32.2. The zero-order valence-corrected chi connectivity index (χ0v) is 11.4. The van der Waals surface area contributed by atoms with Gasteiger partial charge in [0.1, 0.15) is 4.75 Å². The van der Waals surface area contributed by atoms with Gasteiger partial charge in [-0.05, 0) is 38.3 Å². The van der Waals surface area contributed by atoms with Crippen molar-refractivity contribution in [3.63, 3.8) is 0 Å². The molecule has 1 N–H and O–H groups in total. The fourth-order valence-corrected chi connectivity index (χ4v) is 2.58. The molecule has 2 rings (SSSR count). The molecule has 0 spiro atoms. The summed E-state index contributed by atoms with van der Waals surface area (Å²) in [5.74, 6) is -0.408. The molecular weight excluding hydrogens is 250 g/mol. The highest BCUT2D eigenvalue weighted by Gasteiger charge is 2.42. The molecule has 0 fully saturated rings. The summed E-state index contributed by atoms with van der Waals surface area (Å²) < 4.78 is 4.32. The van der Waals surface area contributed by atoms with Gasteiger partial charge < -0.3 is 10.1 Å². The van der Waals surface area contributed by atoms with Crippen LogP contribution in [0.4, 0.5) is 5.69 Å². The zero-order chi connectivity index (χ0) is 13.3. The molecule has 18 heavy (non-hydrogen) atoms. The first-order chi connectivity index (χ1) is 8.52. The van der Waals surface area contributed by atoms with Gasteiger partial charge in [-0.3, -0.25) is 4.79 Å². The molecule has 1 aromatic rings. The predicted octanol–water partition coefficient (Wildman–Crippen LogP) is 2.39. The number of rotatable bonds is 3. The fourth-order valence-electron chi connectivity index (χ4n) is 1.96. The van der Waals surface area contributed by atoms with E-state index >= 15 is 0 Å². The van der Waals surface area contributed by atoms with Crippen molar-refractivity contribution >= 4 is 29.3 Å². The number of anilines is 1. The molecule has 1 heterocycles. The Morgan fingerprint density at radius 3 is 2.83 bits per heavy atom. The van der Waals surface area contributed by atoms with Gasteiger partial charge in [0, 0.05) is 11.3 Å². The number of ether oxygens (including phenoxy) is 1. The fraction of sp³-hybridized carbons (Fsp3) is 0.385. The molecule has 0 bridgehead atoms. The Morgan fingerprint density at radius 1 is 1.50 bits per heavy atom. The minimum Gasteiger partial charge on any atom is -0.462 e. The molecule has 4 nitrogen and oxygen atoms in total. The number of thioether (sulfide) groups is 1. The van der Waals surface area contributed by atoms with E-state index in [1.807, 2.05) is 13.2 Å². The molecule has 0 saturated carbocycles. The lowest BCUT2D eigenvalue weighted by atomic mass is 9.99. The van der Waals surface area contributed by atoms with Crippen LogP contribution in [0.2, 0.25) is 0 Å². The molecule has 0 aliphatic carbocycles. The molecule has 1 amide bonds. The van der Waals surface area contributed by atoms with E-state index in [1.165, 1.54) is 11.8 Å². The van der Waals surface area contributed by atoms with E-state index in [1.54, 1.807) is 25.1 Å². The third-order valence-electron chi connectivity index (χ3n) is 3.13. The van der Waals surface area contributed by atoms with Gasteiger partial charge in [0.25, 0.3) is 0 Å². The smallest absolute Gasteiger partial charge is 0.338 e. The van der Waals surface area contributed by atoms with Crippen molar-refractivity contribution in [3.05, 3.63) is 29.3 Å². The van der Waals surface area contributed by atoms with Crippen molar-refractivity contribution in [3.8, 4) is 0 Å². The van der Waals surface area contributed by atoms with Crippen molar-refractivity contribution in [1.82, 2.24) is 0 Å². The molecule has 0 radical (unpaired) electrons. The summed E-state index contributed by atoms with van der Waals surface area (Å²) in [5, 5.41) is 2.83. The number of benzene rings is 1. The SMILES string of the molecule is CCOC(=O)c1ccc2c(c1)[C@@](C)(SC)C(=O)N2. The van der Waals surface area contributed by atoms with Gasteiger partial charge in [-0.15, -0.1) is 11.8 Å². The number of nitrogens with one attached hydrogen (secondary N) is 1. The molecule has 0 aromatic heterocycles. The molecule has 1 aliphatic heterocycles. The van der Waals surface area contributed by atoms with E-state index in [-0.39, 0.29) is 11.9 Å². The number of amides is 1. The average molecular weight is 265 g/mol. The second-order valence-electron chi connectivity index (χ2n) is 4.17. The van der Waals surface area contributed by atoms with Crippen molar-refractivity contribution < 1.29 is 14.3 Å². The van der Waals surface area contributed by atoms with Crippen molar-refractivity contribution in [2.24, 2.45) is 0 Å². The van der Waals surface area contributed by atoms with Crippen LogP contribution in [0.15, 0.2) is 18.2 Å². The van der Waals surface area contributed by atoms with Gasteiger partial charge >= 0.3 is 5.97 Å². The average Bonchev–Trinajstić information content (AvgIpc) is 2.62. The summed E-state index contributed by atoms with van der Waals surface area (Å²) in [5.41, 5.74) is 2.09. The maximum atomic E-state index is 11.9. The number of carbonyl (C=O) groups excluding carboxylic acids is 2. The van der Waals surface area contributed by atoms with E-state index < -0.39 is 4.75 Å². The molecule has 5 heteroatoms. The van der Waals surface area contributed by atoms with Gasteiger partial charge in [0.2, 0.25) is 5.91 Å². The monoisotopic (exact) mass is 265 g/mol. The van der Waals surface area contributed by atoms with Gasteiger partial charge in [-0.25, -0.2) is 4.79 Å². The number of esters is 1. The van der Waals surface area contributed by atoms with Crippen LogP contribution in [0.5, 0.6) is 0 Å². The van der Waals surface area contributed by atoms with E-state index in [4.69, 9.17) is 4.74 Å². The van der Waals surface area contributed by atoms with E-state index in [2.05, 4.69) is 5.32 Å². The quantitative estimate of drug-likeness (QED) is 0.853. The second-order valence-corrected chi connectivity index (χ2v) is 5.40. The number of carbonyl (C=O) groups is 2. The van der Waals surface area contributed by atoms with Crippen molar-refractivity contribution in [2.75, 3.05) is 18.2 Å². The number of hydrogen-bond donors (Lipinski definition) is 1. The summed E-state index contributed by atoms with van der Waals surface area (Å²) in [7, 11) is 0. The summed E-state index contributed by atoms with van der Waals surface area (Å²) in [4.78, 5) is 23.6. The molecule has 0 unspecified atom stereocenters. The summed E-state index contributed by atoms with van der Waals surface area (Å²) in [6.45, 7) is 3.96. The maximum Gasteiger partial charge on any atom is 0.338 e. The maximum absolute atomic E-state index is 11.9. The van der Waals surface area contributed by atoms with Crippen LogP contribution in [-0.4, -0.2) is 24.7 Å². The first kappa shape index (κ1) is 13.0. The Morgan fingerprint density at radius 2 is 2.22 bits per heavy atom. The first-order valence-corrected chi connectivity index (χ1v) is 6.93. The summed E-state index contributed by atoms with van der Waals surface area (Å²) >= 11 is 1.46. The lowest BCUT2D eigenvalue weighted by Gasteiger charge is -2.19. The molecule has 0 saturated heterocycles. The van der Waals surface area contributed by atoms with E-state index in [0.717, 1.165) is 11.3 Å². The van der Waals surface area contributed by atoms with Crippen molar-refractivity contribution in [1.29, 1.82) is 0 Å². The number of fused-ring (bicyclic) bond motifs is 1. The number of hydrogen-bond acceptors (Lipinski definition) is 4. The Hall–Kier alpha value is -1.49. The van der Waals surface area contributed by atoms with E-state index in [9.17, 15) is 9.59 Å². The van der Waals surface area contributed by atoms with Gasteiger partial charge in [-0.1, -0.05) is 0 Å². The van der Waals surface area contributed by atoms with Crippen LogP contribution in [0.3, 0.4) is 0 Å². The highest BCUT2D eigenvalue weighted by Crippen LogP contribution is 2.44. The zero-order valence-electron chi connectivity index (χ0n) is 10.6. The minimum absolute atomic E-state index is 0.0500. The summed E-state index contributed by atoms with van der Waals surface area (Å²) in [6.07, 6.45) is 1.88. The largest absolute Gasteiger partial charge is 0.462 e. The molecule has 1 aromatic carbocycles. The van der Waals surface area contributed by atoms with Crippen LogP contribution in [0.25, 0.3) is 0 Å². The predicted molar refractivity (Wildman–Crippen MR) is 71.9 cm³/mol. The van der Waals surface area contributed by atoms with Gasteiger partial charge in [0.15, 0.2) is 0 Å². The Bertz CT molecular complexity index is 515. The normalized spacial score (nSPS) is 21.4.